The fraction of sp³-hybridized carbons (Fsp3) is 0.0645. The Labute approximate surface area is 197 Å². The van der Waals surface area contributed by atoms with Crippen molar-refractivity contribution in [3.63, 3.8) is 0 Å². The maximum atomic E-state index is 2.44. The van der Waals surface area contributed by atoms with Crippen molar-refractivity contribution >= 4 is 3.26 Å². The summed E-state index contributed by atoms with van der Waals surface area (Å²) >= 11 is -2.69. The van der Waals surface area contributed by atoms with Crippen LogP contribution in [0.5, 0.6) is 0 Å². The third-order valence-corrected chi connectivity index (χ3v) is 18.8. The molecular formula is C31H24Hf. The zero-order valence-corrected chi connectivity index (χ0v) is 21.5. The predicted molar refractivity (Wildman–Crippen MR) is 132 cm³/mol. The van der Waals surface area contributed by atoms with Gasteiger partial charge in [-0.25, -0.2) is 0 Å². The van der Waals surface area contributed by atoms with E-state index in [1.54, 1.807) is 6.58 Å². The van der Waals surface area contributed by atoms with Crippen LogP contribution in [0.1, 0.15) is 32.3 Å². The van der Waals surface area contributed by atoms with Crippen molar-refractivity contribution in [1.29, 1.82) is 0 Å². The molecule has 6 rings (SSSR count). The van der Waals surface area contributed by atoms with E-state index in [-0.39, 0.29) is 0 Å². The molecule has 1 heteroatoms. The molecule has 4 aromatic rings. The van der Waals surface area contributed by atoms with Gasteiger partial charge >= 0.3 is 198 Å². The average Bonchev–Trinajstić information content (AvgIpc) is 3.51. The van der Waals surface area contributed by atoms with E-state index in [4.69, 9.17) is 0 Å². The summed E-state index contributed by atoms with van der Waals surface area (Å²) in [5.74, 6) is 0. The van der Waals surface area contributed by atoms with Gasteiger partial charge in [0.05, 0.1) is 0 Å². The molecule has 2 aliphatic carbocycles. The number of fused-ring (bicyclic) bond motifs is 3. The fourth-order valence-electron chi connectivity index (χ4n) is 5.29. The van der Waals surface area contributed by atoms with Gasteiger partial charge in [0.2, 0.25) is 0 Å². The van der Waals surface area contributed by atoms with E-state index in [0.29, 0.717) is 3.67 Å². The van der Waals surface area contributed by atoms with Crippen molar-refractivity contribution < 1.29 is 21.0 Å². The molecule has 0 saturated carbocycles. The summed E-state index contributed by atoms with van der Waals surface area (Å²) < 4.78 is 3.84. The van der Waals surface area contributed by atoms with Gasteiger partial charge in [0.1, 0.15) is 0 Å². The van der Waals surface area contributed by atoms with Gasteiger partial charge in [0.15, 0.2) is 0 Å². The molecule has 32 heavy (non-hydrogen) atoms. The molecule has 0 spiro atoms. The van der Waals surface area contributed by atoms with Gasteiger partial charge in [-0.3, -0.25) is 0 Å². The number of allylic oxidation sites excluding steroid dienone is 4. The Hall–Kier alpha value is -2.90. The summed E-state index contributed by atoms with van der Waals surface area (Å²) in [4.78, 5) is 0. The van der Waals surface area contributed by atoms with Crippen molar-refractivity contribution in [1.82, 2.24) is 0 Å². The Morgan fingerprint density at radius 2 is 1.09 bits per heavy atom. The Morgan fingerprint density at radius 1 is 0.594 bits per heavy atom. The van der Waals surface area contributed by atoms with Crippen LogP contribution in [0.2, 0.25) is 0 Å². The summed E-state index contributed by atoms with van der Waals surface area (Å²) in [6, 6.07) is 40.6. The van der Waals surface area contributed by atoms with E-state index >= 15 is 0 Å². The Balaban J connectivity index is 1.72. The molecular weight excluding hydrogens is 551 g/mol. The van der Waals surface area contributed by atoms with Crippen LogP contribution in [0.3, 0.4) is 0 Å². The molecule has 4 aromatic carbocycles. The zero-order chi connectivity index (χ0) is 21.3. The molecule has 152 valence electrons. The standard InChI is InChI=1S/C13H9.C13H10.C5H5.Hf/c1-3-7-12-10(5-1)9-11-6-2-4-8-13(11)12;1-3-7-12(8-4-1)11-13-9-5-2-6-10-13;1-2-4-5-3-1;/h1-9H;1-10H;1-3H,4H2;. The topological polar surface area (TPSA) is 0 Å². The van der Waals surface area contributed by atoms with E-state index in [1.165, 1.54) is 33.4 Å². The predicted octanol–water partition coefficient (Wildman–Crippen LogP) is 7.49. The molecule has 0 bridgehead atoms. The quantitative estimate of drug-likeness (QED) is 0.222. The minimum absolute atomic E-state index is 0.508. The molecule has 0 saturated heterocycles. The van der Waals surface area contributed by atoms with E-state index in [1.807, 2.05) is 0 Å². The average molecular weight is 575 g/mol. The van der Waals surface area contributed by atoms with Gasteiger partial charge < -0.3 is 0 Å². The Morgan fingerprint density at radius 3 is 1.59 bits per heavy atom. The third-order valence-electron chi connectivity index (χ3n) is 6.63. The van der Waals surface area contributed by atoms with E-state index in [9.17, 15) is 0 Å². The first-order chi connectivity index (χ1) is 15.9. The molecule has 0 aromatic heterocycles. The van der Waals surface area contributed by atoms with Crippen molar-refractivity contribution in [2.45, 2.75) is 10.1 Å². The second-order valence-corrected chi connectivity index (χ2v) is 17.6. The van der Waals surface area contributed by atoms with E-state index in [0.717, 1.165) is 6.42 Å². The molecule has 0 N–H and O–H groups in total. The fourth-order valence-corrected chi connectivity index (χ4v) is 18.5. The molecule has 0 fully saturated rings. The van der Waals surface area contributed by atoms with Gasteiger partial charge in [-0.05, 0) is 0 Å². The van der Waals surface area contributed by atoms with Gasteiger partial charge in [-0.1, -0.05) is 0 Å². The van der Waals surface area contributed by atoms with Crippen LogP contribution in [-0.2, 0) is 21.0 Å². The number of hydrogen-bond donors (Lipinski definition) is 0. The first-order valence-electron chi connectivity index (χ1n) is 11.3. The summed E-state index contributed by atoms with van der Waals surface area (Å²) in [6.45, 7) is 0. The van der Waals surface area contributed by atoms with Crippen molar-refractivity contribution in [3.8, 4) is 11.1 Å². The summed E-state index contributed by atoms with van der Waals surface area (Å²) in [7, 11) is 0. The number of benzene rings is 4. The number of hydrogen-bond acceptors (Lipinski definition) is 0. The normalized spacial score (nSPS) is 14.1. The molecule has 0 atom stereocenters. The Kier molecular flexibility index (Phi) is 5.29. The van der Waals surface area contributed by atoms with E-state index < -0.39 is 21.0 Å². The van der Waals surface area contributed by atoms with Crippen LogP contribution in [-0.4, -0.2) is 3.26 Å². The SMILES string of the molecule is C1=CC[C]([Hf](=[C](c2ccccc2)c2ccccc2)[CH]2c3ccccc3-c3ccccc32)=C1. The molecule has 0 radical (unpaired) electrons. The van der Waals surface area contributed by atoms with Crippen LogP contribution < -0.4 is 0 Å². The molecule has 0 heterocycles. The van der Waals surface area contributed by atoms with Crippen LogP contribution in [0.15, 0.2) is 131 Å². The van der Waals surface area contributed by atoms with Crippen molar-refractivity contribution in [2.75, 3.05) is 0 Å². The second-order valence-electron chi connectivity index (χ2n) is 8.45. The second kappa shape index (κ2) is 8.56. The van der Waals surface area contributed by atoms with Crippen LogP contribution in [0.25, 0.3) is 11.1 Å². The molecule has 2 aliphatic rings. The van der Waals surface area contributed by atoms with Gasteiger partial charge in [0.25, 0.3) is 0 Å². The third kappa shape index (κ3) is 3.36. The van der Waals surface area contributed by atoms with Crippen LogP contribution in [0, 0.1) is 0 Å². The summed E-state index contributed by atoms with van der Waals surface area (Å²) in [5, 5.41) is 0. The van der Waals surface area contributed by atoms with E-state index in [2.05, 4.69) is 127 Å². The molecule has 0 nitrogen and oxygen atoms in total. The Bertz CT molecular complexity index is 1290. The van der Waals surface area contributed by atoms with Crippen molar-refractivity contribution in [2.24, 2.45) is 0 Å². The van der Waals surface area contributed by atoms with Gasteiger partial charge in [-0.15, -0.1) is 0 Å². The molecule has 0 unspecified atom stereocenters. The van der Waals surface area contributed by atoms with Crippen LogP contribution in [0.4, 0.5) is 0 Å². The monoisotopic (exact) mass is 576 g/mol. The molecule has 0 amide bonds. The summed E-state index contributed by atoms with van der Waals surface area (Å²) in [5.41, 5.74) is 8.73. The van der Waals surface area contributed by atoms with Crippen LogP contribution >= 0.6 is 0 Å². The zero-order valence-electron chi connectivity index (χ0n) is 17.9. The first kappa shape index (κ1) is 19.8. The van der Waals surface area contributed by atoms with Gasteiger partial charge in [0, 0.05) is 0 Å². The first-order valence-corrected chi connectivity index (χ1v) is 17.0. The summed E-state index contributed by atoms with van der Waals surface area (Å²) in [6.07, 6.45) is 8.17. The van der Waals surface area contributed by atoms with Crippen molar-refractivity contribution in [3.05, 3.63) is 153 Å². The maximum absolute atomic E-state index is 2.69. The minimum atomic E-state index is -2.69. The van der Waals surface area contributed by atoms with Gasteiger partial charge in [-0.2, -0.15) is 0 Å². The number of rotatable bonds is 4. The molecule has 0 aliphatic heterocycles.